The second kappa shape index (κ2) is 13.2. The van der Waals surface area contributed by atoms with Crippen molar-refractivity contribution < 1.29 is 32.8 Å². The molecule has 2 N–H and O–H groups in total. The lowest BCUT2D eigenvalue weighted by molar-refractivity contribution is -0.165. The third-order valence-electron chi connectivity index (χ3n) is 5.56. The molecule has 1 aliphatic rings. The fourth-order valence-electron chi connectivity index (χ4n) is 4.22. The topological polar surface area (TPSA) is 177 Å². The molecule has 3 heterocycles. The van der Waals surface area contributed by atoms with Crippen molar-refractivity contribution >= 4 is 37.4 Å². The minimum absolute atomic E-state index is 0.0514. The van der Waals surface area contributed by atoms with E-state index in [1.165, 1.54) is 26.5 Å². The number of hydrogen-bond donors (Lipinski definition) is 1. The van der Waals surface area contributed by atoms with Crippen LogP contribution in [0.25, 0.3) is 11.2 Å². The first-order valence-corrected chi connectivity index (χ1v) is 13.3. The molecule has 0 saturated carbocycles. The molecule has 0 aromatic carbocycles. The zero-order valence-electron chi connectivity index (χ0n) is 22.3. The first kappa shape index (κ1) is 29.6. The molecule has 15 heteroatoms. The largest absolute Gasteiger partial charge is 0.456 e. The van der Waals surface area contributed by atoms with Crippen molar-refractivity contribution in [1.82, 2.24) is 24.2 Å². The SMILES string of the molecule is CC(=O)O[C@@H]1[C@H](OC(C)=O)[C@@H](COP(OCCC#N)N(C(C)C)C(C)C)O[C@H]1n1cnc2c(N)ncnc21. The number of anilines is 1. The van der Waals surface area contributed by atoms with E-state index >= 15 is 0 Å². The van der Waals surface area contributed by atoms with Gasteiger partial charge in [-0.15, -0.1) is 0 Å². The van der Waals surface area contributed by atoms with Gasteiger partial charge in [-0.3, -0.25) is 14.2 Å². The van der Waals surface area contributed by atoms with Gasteiger partial charge < -0.3 is 29.0 Å². The number of fused-ring (bicyclic) bond motifs is 1. The first-order valence-electron chi connectivity index (χ1n) is 12.2. The van der Waals surface area contributed by atoms with Crippen LogP contribution in [0.2, 0.25) is 0 Å². The number of nitrogen functional groups attached to an aromatic ring is 1. The fraction of sp³-hybridized carbons (Fsp3) is 0.652. The van der Waals surface area contributed by atoms with Crippen molar-refractivity contribution in [3.8, 4) is 6.07 Å². The normalized spacial score (nSPS) is 22.2. The Kier molecular flexibility index (Phi) is 10.3. The summed E-state index contributed by atoms with van der Waals surface area (Å²) < 4.78 is 33.3. The second-order valence-corrected chi connectivity index (χ2v) is 10.6. The molecular formula is C23H34N7O7P. The number of nitriles is 1. The van der Waals surface area contributed by atoms with Crippen LogP contribution in [0.3, 0.4) is 0 Å². The average molecular weight is 552 g/mol. The molecule has 3 rings (SSSR count). The van der Waals surface area contributed by atoms with Crippen LogP contribution >= 0.6 is 8.53 Å². The number of aromatic nitrogens is 4. The van der Waals surface area contributed by atoms with Crippen molar-refractivity contribution in [2.24, 2.45) is 0 Å². The minimum atomic E-state index is -1.60. The lowest BCUT2D eigenvalue weighted by Gasteiger charge is -2.36. The summed E-state index contributed by atoms with van der Waals surface area (Å²) in [4.78, 5) is 36.6. The van der Waals surface area contributed by atoms with Gasteiger partial charge in [-0.2, -0.15) is 5.26 Å². The molecule has 0 spiro atoms. The van der Waals surface area contributed by atoms with E-state index in [4.69, 9.17) is 34.3 Å². The number of carbonyl (C=O) groups is 2. The van der Waals surface area contributed by atoms with E-state index in [9.17, 15) is 9.59 Å². The number of ether oxygens (including phenoxy) is 3. The number of carbonyl (C=O) groups excluding carboxylic acids is 2. The van der Waals surface area contributed by atoms with E-state index in [1.807, 2.05) is 27.7 Å². The van der Waals surface area contributed by atoms with Crippen LogP contribution in [0.15, 0.2) is 12.7 Å². The lowest BCUT2D eigenvalue weighted by atomic mass is 10.1. The summed E-state index contributed by atoms with van der Waals surface area (Å²) in [5.74, 6) is -0.995. The van der Waals surface area contributed by atoms with Crippen LogP contribution in [-0.4, -0.2) is 79.7 Å². The van der Waals surface area contributed by atoms with Crippen LogP contribution in [0, 0.1) is 11.3 Å². The Morgan fingerprint density at radius 3 is 2.39 bits per heavy atom. The van der Waals surface area contributed by atoms with Crippen molar-refractivity contribution in [2.45, 2.75) is 84.6 Å². The molecule has 14 nitrogen and oxygen atoms in total. The van der Waals surface area contributed by atoms with E-state index in [0.717, 1.165) is 0 Å². The summed E-state index contributed by atoms with van der Waals surface area (Å²) >= 11 is 0. The zero-order valence-corrected chi connectivity index (χ0v) is 23.2. The molecule has 0 aliphatic carbocycles. The fourth-order valence-corrected chi connectivity index (χ4v) is 5.84. The van der Waals surface area contributed by atoms with Crippen LogP contribution in [0.1, 0.15) is 54.2 Å². The van der Waals surface area contributed by atoms with Gasteiger partial charge in [0, 0.05) is 25.9 Å². The van der Waals surface area contributed by atoms with E-state index in [-0.39, 0.29) is 37.5 Å². The van der Waals surface area contributed by atoms with Gasteiger partial charge in [0.15, 0.2) is 29.9 Å². The van der Waals surface area contributed by atoms with E-state index in [0.29, 0.717) is 11.2 Å². The molecule has 0 radical (unpaired) electrons. The molecule has 1 fully saturated rings. The third kappa shape index (κ3) is 6.92. The van der Waals surface area contributed by atoms with Gasteiger partial charge in [0.25, 0.3) is 8.53 Å². The monoisotopic (exact) mass is 551 g/mol. The number of nitrogens with zero attached hydrogens (tertiary/aromatic N) is 6. The van der Waals surface area contributed by atoms with Crippen molar-refractivity contribution in [3.63, 3.8) is 0 Å². The van der Waals surface area contributed by atoms with E-state index in [1.54, 1.807) is 4.57 Å². The van der Waals surface area contributed by atoms with Crippen molar-refractivity contribution in [1.29, 1.82) is 5.26 Å². The quantitative estimate of drug-likeness (QED) is 0.231. The molecule has 1 saturated heterocycles. The molecule has 208 valence electrons. The molecule has 0 bridgehead atoms. The van der Waals surface area contributed by atoms with Crippen LogP contribution in [-0.2, 0) is 32.8 Å². The summed E-state index contributed by atoms with van der Waals surface area (Å²) in [7, 11) is -1.60. The second-order valence-electron chi connectivity index (χ2n) is 9.14. The average Bonchev–Trinajstić information content (AvgIpc) is 3.39. The number of hydrogen-bond acceptors (Lipinski definition) is 13. The maximum atomic E-state index is 12.1. The highest BCUT2D eigenvalue weighted by atomic mass is 31.2. The summed E-state index contributed by atoms with van der Waals surface area (Å²) in [5, 5.41) is 8.96. The van der Waals surface area contributed by atoms with Gasteiger partial charge >= 0.3 is 11.9 Å². The maximum absolute atomic E-state index is 12.1. The standard InChI is InChI=1S/C23H34N7O7P/c1-13(2)30(14(3)4)38(33-9-7-8-24)34-10-17-19(35-15(5)31)20(36-16(6)32)23(37-17)29-12-28-18-21(25)26-11-27-22(18)29/h11-14,17,19-20,23H,7,9-10H2,1-6H3,(H2,25,26,27)/t17-,19-,20-,23-,38?/m1/s1. The van der Waals surface area contributed by atoms with E-state index < -0.39 is 45.0 Å². The molecule has 38 heavy (non-hydrogen) atoms. The number of imidazole rings is 1. The summed E-state index contributed by atoms with van der Waals surface area (Å²) in [5.41, 5.74) is 6.64. The van der Waals surface area contributed by atoms with Gasteiger partial charge in [-0.1, -0.05) is 0 Å². The van der Waals surface area contributed by atoms with Crippen LogP contribution in [0.5, 0.6) is 0 Å². The number of esters is 2. The van der Waals surface area contributed by atoms with Crippen molar-refractivity contribution in [3.05, 3.63) is 12.7 Å². The smallest absolute Gasteiger partial charge is 0.303 e. The predicted molar refractivity (Wildman–Crippen MR) is 136 cm³/mol. The Morgan fingerprint density at radius 2 is 1.79 bits per heavy atom. The third-order valence-corrected chi connectivity index (χ3v) is 7.64. The summed E-state index contributed by atoms with van der Waals surface area (Å²) in [6, 6.07) is 2.23. The molecule has 1 unspecified atom stereocenters. The predicted octanol–water partition coefficient (Wildman–Crippen LogP) is 2.46. The number of rotatable bonds is 12. The molecule has 2 aromatic rings. The molecule has 0 amide bonds. The summed E-state index contributed by atoms with van der Waals surface area (Å²) in [6.45, 7) is 10.7. The lowest BCUT2D eigenvalue weighted by Crippen LogP contribution is -2.40. The zero-order chi connectivity index (χ0) is 28.0. The molecule has 1 aliphatic heterocycles. The van der Waals surface area contributed by atoms with Gasteiger partial charge in [-0.05, 0) is 27.7 Å². The maximum Gasteiger partial charge on any atom is 0.303 e. The molecule has 2 aromatic heterocycles. The Hall–Kier alpha value is -2.95. The van der Waals surface area contributed by atoms with Crippen LogP contribution < -0.4 is 5.73 Å². The van der Waals surface area contributed by atoms with Gasteiger partial charge in [0.05, 0.1) is 32.0 Å². The van der Waals surface area contributed by atoms with Gasteiger partial charge in [0.1, 0.15) is 17.9 Å². The Balaban J connectivity index is 1.93. The Bertz CT molecular complexity index is 1150. The Labute approximate surface area is 222 Å². The Morgan fingerprint density at radius 1 is 1.13 bits per heavy atom. The van der Waals surface area contributed by atoms with Gasteiger partial charge in [-0.25, -0.2) is 19.6 Å². The molecule has 5 atom stereocenters. The minimum Gasteiger partial charge on any atom is -0.456 e. The highest BCUT2D eigenvalue weighted by Crippen LogP contribution is 2.47. The van der Waals surface area contributed by atoms with E-state index in [2.05, 4.69) is 25.7 Å². The first-order chi connectivity index (χ1) is 18.0. The van der Waals surface area contributed by atoms with Gasteiger partial charge in [0.2, 0.25) is 0 Å². The summed E-state index contributed by atoms with van der Waals surface area (Å²) in [6.07, 6.45) is -0.881. The molecular weight excluding hydrogens is 517 g/mol. The van der Waals surface area contributed by atoms with Crippen LogP contribution in [0.4, 0.5) is 5.82 Å². The highest BCUT2D eigenvalue weighted by Gasteiger charge is 2.51. The highest BCUT2D eigenvalue weighted by molar-refractivity contribution is 7.44. The number of nitrogens with two attached hydrogens (primary N) is 1. The van der Waals surface area contributed by atoms with Crippen molar-refractivity contribution in [2.75, 3.05) is 18.9 Å².